The smallest absolute Gasteiger partial charge is 0.326 e. The van der Waals surface area contributed by atoms with Gasteiger partial charge in [-0.3, -0.25) is 14.6 Å². The minimum Gasteiger partial charge on any atom is -0.487 e. The molecule has 0 fully saturated rings. The van der Waals surface area contributed by atoms with Crippen molar-refractivity contribution in [3.63, 3.8) is 0 Å². The molecule has 0 aliphatic carbocycles. The number of ether oxygens (including phenoxy) is 1. The number of guanidine groups is 1. The third-order valence-electron chi connectivity index (χ3n) is 8.21. The number of aromatic nitrogens is 1. The predicted octanol–water partition coefficient (Wildman–Crippen LogP) is 4.01. The Bertz CT molecular complexity index is 1900. The number of hydrogen-bond acceptors (Lipinski definition) is 7. The Morgan fingerprint density at radius 3 is 2.53 bits per heavy atom. The highest BCUT2D eigenvalue weighted by atomic mass is 79.9. The van der Waals surface area contributed by atoms with Crippen LogP contribution in [0.2, 0.25) is 0 Å². The first kappa shape index (κ1) is 35.7. The number of aliphatic carboxylic acids is 1. The average Bonchev–Trinajstić information content (AvgIpc) is 2.96. The van der Waals surface area contributed by atoms with E-state index in [0.29, 0.717) is 29.7 Å². The Morgan fingerprint density at radius 1 is 1.15 bits per heavy atom. The third-order valence-corrected chi connectivity index (χ3v) is 10.3. The number of aromatic amines is 1. The van der Waals surface area contributed by atoms with Gasteiger partial charge in [0.1, 0.15) is 23.0 Å². The van der Waals surface area contributed by atoms with E-state index in [9.17, 15) is 27.9 Å². The van der Waals surface area contributed by atoms with Crippen LogP contribution in [0.1, 0.15) is 77.0 Å². The molecular formula is C33H40BrN5O7S. The number of rotatable bonds is 11. The first-order valence-electron chi connectivity index (χ1n) is 15.1. The number of nitrogens with zero attached hydrogens (tertiary/aromatic N) is 1. The molecule has 6 N–H and O–H groups in total. The van der Waals surface area contributed by atoms with Gasteiger partial charge in [0.15, 0.2) is 0 Å². The number of sulfonamides is 1. The Balaban J connectivity index is 1.36. The lowest BCUT2D eigenvalue weighted by molar-refractivity contribution is -0.139. The average molecular weight is 731 g/mol. The van der Waals surface area contributed by atoms with Crippen molar-refractivity contribution in [2.45, 2.75) is 83.3 Å². The number of H-pyrrole nitrogens is 1. The lowest BCUT2D eigenvalue weighted by Crippen LogP contribution is -2.42. The number of benzene rings is 2. The van der Waals surface area contributed by atoms with Crippen molar-refractivity contribution in [1.29, 1.82) is 0 Å². The Morgan fingerprint density at radius 2 is 1.87 bits per heavy atom. The van der Waals surface area contributed by atoms with Gasteiger partial charge in [0.05, 0.1) is 4.90 Å². The zero-order chi connectivity index (χ0) is 34.7. The van der Waals surface area contributed by atoms with Gasteiger partial charge in [0.2, 0.25) is 5.96 Å². The zero-order valence-electron chi connectivity index (χ0n) is 27.0. The first-order valence-corrected chi connectivity index (χ1v) is 17.4. The van der Waals surface area contributed by atoms with E-state index in [2.05, 4.69) is 35.9 Å². The molecule has 1 aliphatic rings. The van der Waals surface area contributed by atoms with Crippen LogP contribution < -0.4 is 26.1 Å². The molecule has 1 amide bonds. The largest absolute Gasteiger partial charge is 0.487 e. The molecule has 0 saturated carbocycles. The number of carboxylic acid groups (broad SMARTS) is 1. The van der Waals surface area contributed by atoms with Gasteiger partial charge in [0.25, 0.3) is 21.5 Å². The summed E-state index contributed by atoms with van der Waals surface area (Å²) < 4.78 is 36.3. The van der Waals surface area contributed by atoms with Crippen molar-refractivity contribution >= 4 is 43.8 Å². The second kappa shape index (κ2) is 14.3. The van der Waals surface area contributed by atoms with Gasteiger partial charge in [-0.2, -0.15) is 0 Å². The fourth-order valence-electron chi connectivity index (χ4n) is 5.62. The fraction of sp³-hybridized carbons (Fsp3) is 0.394. The van der Waals surface area contributed by atoms with E-state index in [0.717, 1.165) is 33.3 Å². The van der Waals surface area contributed by atoms with Crippen molar-refractivity contribution in [2.24, 2.45) is 10.7 Å². The molecule has 1 aromatic heterocycles. The Hall–Kier alpha value is -4.17. The second-order valence-corrected chi connectivity index (χ2v) is 14.8. The van der Waals surface area contributed by atoms with Gasteiger partial charge in [-0.15, -0.1) is 0 Å². The highest BCUT2D eigenvalue weighted by Crippen LogP contribution is 2.42. The summed E-state index contributed by atoms with van der Waals surface area (Å²) >= 11 is 3.41. The molecule has 1 atom stereocenters. The number of carboxylic acids is 1. The van der Waals surface area contributed by atoms with E-state index in [1.54, 1.807) is 19.9 Å². The molecule has 2 heterocycles. The second-order valence-electron chi connectivity index (χ2n) is 12.3. The van der Waals surface area contributed by atoms with Gasteiger partial charge >= 0.3 is 5.97 Å². The molecule has 1 aliphatic heterocycles. The lowest BCUT2D eigenvalue weighted by Gasteiger charge is -2.35. The molecule has 2 aromatic carbocycles. The van der Waals surface area contributed by atoms with E-state index in [1.165, 1.54) is 6.07 Å². The van der Waals surface area contributed by atoms with E-state index in [-0.39, 0.29) is 41.4 Å². The number of nitrogens with one attached hydrogen (secondary N) is 3. The summed E-state index contributed by atoms with van der Waals surface area (Å²) in [5, 5.41) is 12.1. The summed E-state index contributed by atoms with van der Waals surface area (Å²) in [7, 11) is -4.09. The Kier molecular flexibility index (Phi) is 10.9. The maximum atomic E-state index is 13.4. The minimum atomic E-state index is -4.09. The highest BCUT2D eigenvalue weighted by Gasteiger charge is 2.33. The van der Waals surface area contributed by atoms with E-state index in [4.69, 9.17) is 10.5 Å². The topological polar surface area (TPSA) is 193 Å². The molecule has 12 nitrogen and oxygen atoms in total. The lowest BCUT2D eigenvalue weighted by atomic mass is 9.88. The number of fused-ring (bicyclic) bond motifs is 1. The molecule has 3 aromatic rings. The predicted molar refractivity (Wildman–Crippen MR) is 183 cm³/mol. The number of carbonyl (C=O) groups is 2. The zero-order valence-corrected chi connectivity index (χ0v) is 29.4. The van der Waals surface area contributed by atoms with Crippen LogP contribution in [0.25, 0.3) is 0 Å². The van der Waals surface area contributed by atoms with Crippen molar-refractivity contribution in [2.75, 3.05) is 6.54 Å². The molecule has 0 unspecified atom stereocenters. The van der Waals surface area contributed by atoms with E-state index >= 15 is 0 Å². The van der Waals surface area contributed by atoms with Crippen LogP contribution in [0.15, 0.2) is 55.6 Å². The number of pyridine rings is 1. The standard InChI is InChI=1S/C33H40BrN5O7S/c1-18-19(2)28(20(3)24-13-14-33(4,5)46-27(18)24)47(44,45)39-32(35)36-15-7-10-26(31(42)43)38-30(41)25-12-11-23(37-29(25)40)17-21-8-6-9-22(34)16-21/h6,8-9,11-12,16,26H,7,10,13-15,17H2,1-5H3,(H,37,40)(H,38,41)(H,42,43)(H3,35,36,39)/t26-/m0/s1. The van der Waals surface area contributed by atoms with Crippen LogP contribution >= 0.6 is 15.9 Å². The molecule has 0 saturated heterocycles. The summed E-state index contributed by atoms with van der Waals surface area (Å²) in [5.41, 5.74) is 9.02. The summed E-state index contributed by atoms with van der Waals surface area (Å²) in [6.45, 7) is 9.30. The van der Waals surface area contributed by atoms with Gasteiger partial charge in [-0.1, -0.05) is 28.1 Å². The number of hydrogen-bond donors (Lipinski definition) is 5. The summed E-state index contributed by atoms with van der Waals surface area (Å²) in [4.78, 5) is 44.2. The number of amides is 1. The molecule has 0 radical (unpaired) electrons. The van der Waals surface area contributed by atoms with Gasteiger partial charge < -0.3 is 25.9 Å². The highest BCUT2D eigenvalue weighted by molar-refractivity contribution is 9.10. The normalized spacial score (nSPS) is 14.9. The minimum absolute atomic E-state index is 0.0109. The monoisotopic (exact) mass is 729 g/mol. The molecule has 14 heteroatoms. The summed E-state index contributed by atoms with van der Waals surface area (Å²) in [6.07, 6.45) is 1.98. The SMILES string of the molecule is Cc1c(C)c(S(=O)(=O)NC(N)=NCCC[C@H](NC(=O)c2ccc(Cc3cccc(Br)c3)[nH]c2=O)C(=O)O)c(C)c2c1OC(C)(C)CC2. The van der Waals surface area contributed by atoms with Crippen LogP contribution in [0, 0.1) is 20.8 Å². The number of carbonyl (C=O) groups excluding carboxylic acids is 1. The summed E-state index contributed by atoms with van der Waals surface area (Å²) in [5.74, 6) is -1.75. The number of halogens is 1. The van der Waals surface area contributed by atoms with Gasteiger partial charge in [-0.25, -0.2) is 17.9 Å². The number of aliphatic imine (C=N–C) groups is 1. The van der Waals surface area contributed by atoms with Gasteiger partial charge in [-0.05, 0) is 112 Å². The first-order chi connectivity index (χ1) is 22.0. The van der Waals surface area contributed by atoms with Crippen molar-refractivity contribution in [3.8, 4) is 5.75 Å². The maximum Gasteiger partial charge on any atom is 0.326 e. The molecule has 4 rings (SSSR count). The molecular weight excluding hydrogens is 690 g/mol. The van der Waals surface area contributed by atoms with Crippen LogP contribution in [0.3, 0.4) is 0 Å². The Labute approximate surface area is 282 Å². The molecule has 252 valence electrons. The van der Waals surface area contributed by atoms with Gasteiger partial charge in [0, 0.05) is 23.1 Å². The van der Waals surface area contributed by atoms with Crippen LogP contribution in [0.4, 0.5) is 0 Å². The third kappa shape index (κ3) is 8.60. The van der Waals surface area contributed by atoms with Crippen molar-refractivity contribution < 1.29 is 27.9 Å². The molecule has 47 heavy (non-hydrogen) atoms. The maximum absolute atomic E-state index is 13.4. The fourth-order valence-corrected chi connectivity index (χ4v) is 7.59. The van der Waals surface area contributed by atoms with Crippen molar-refractivity contribution in [3.05, 3.63) is 90.3 Å². The van der Waals surface area contributed by atoms with Crippen LogP contribution in [0.5, 0.6) is 5.75 Å². The van der Waals surface area contributed by atoms with Crippen LogP contribution in [-0.4, -0.2) is 54.5 Å². The number of nitrogens with two attached hydrogens (primary N) is 1. The molecule has 0 spiro atoms. The summed E-state index contributed by atoms with van der Waals surface area (Å²) in [6, 6.07) is 9.23. The van der Waals surface area contributed by atoms with E-state index in [1.807, 2.05) is 45.0 Å². The van der Waals surface area contributed by atoms with E-state index < -0.39 is 33.5 Å². The molecule has 0 bridgehead atoms. The van der Waals surface area contributed by atoms with Crippen LogP contribution in [-0.2, 0) is 27.7 Å². The quantitative estimate of drug-likeness (QED) is 0.111. The van der Waals surface area contributed by atoms with Crippen molar-refractivity contribution in [1.82, 2.24) is 15.0 Å².